The van der Waals surface area contributed by atoms with E-state index in [-0.39, 0.29) is 5.91 Å². The fourth-order valence-electron chi connectivity index (χ4n) is 3.93. The molecule has 1 saturated heterocycles. The molecule has 3 aromatic rings. The minimum Gasteiger partial charge on any atom is -0.369 e. The van der Waals surface area contributed by atoms with Crippen LogP contribution in [-0.4, -0.2) is 37.0 Å². The highest BCUT2D eigenvalue weighted by Crippen LogP contribution is 2.17. The third-order valence-electron chi connectivity index (χ3n) is 5.65. The number of carbonyl (C=O) groups is 1. The van der Waals surface area contributed by atoms with E-state index in [0.717, 1.165) is 38.3 Å². The molecule has 1 aliphatic heterocycles. The summed E-state index contributed by atoms with van der Waals surface area (Å²) in [5.74, 6) is -0.0282. The first-order valence-electron chi connectivity index (χ1n) is 10.6. The molecule has 4 nitrogen and oxygen atoms in total. The maximum atomic E-state index is 12.4. The number of benzene rings is 3. The molecular weight excluding hydrogens is 370 g/mol. The first-order valence-corrected chi connectivity index (χ1v) is 10.6. The molecule has 0 bridgehead atoms. The average Bonchev–Trinajstić information content (AvgIpc) is 2.79. The van der Waals surface area contributed by atoms with Crippen LogP contribution in [0.4, 0.5) is 5.69 Å². The third kappa shape index (κ3) is 5.28. The number of carbonyl (C=O) groups excluding carboxylic acids is 1. The SMILES string of the molecule is Cc1cccc(CNC(=O)c2ccc(CN3CCN(c4ccccc4)CC3)cc2)c1. The van der Waals surface area contributed by atoms with E-state index in [1.807, 2.05) is 24.3 Å². The Morgan fingerprint density at radius 2 is 1.57 bits per heavy atom. The zero-order valence-corrected chi connectivity index (χ0v) is 17.6. The van der Waals surface area contributed by atoms with E-state index in [9.17, 15) is 4.79 Å². The first-order chi connectivity index (χ1) is 14.7. The fraction of sp³-hybridized carbons (Fsp3) is 0.269. The van der Waals surface area contributed by atoms with Crippen LogP contribution in [0, 0.1) is 6.92 Å². The van der Waals surface area contributed by atoms with Gasteiger partial charge in [0.05, 0.1) is 0 Å². The van der Waals surface area contributed by atoms with E-state index >= 15 is 0 Å². The molecule has 4 heteroatoms. The molecule has 1 aliphatic rings. The van der Waals surface area contributed by atoms with Crippen molar-refractivity contribution in [3.05, 3.63) is 101 Å². The first kappa shape index (κ1) is 20.2. The van der Waals surface area contributed by atoms with Crippen LogP contribution in [0.25, 0.3) is 0 Å². The van der Waals surface area contributed by atoms with Crippen LogP contribution in [0.2, 0.25) is 0 Å². The van der Waals surface area contributed by atoms with Gasteiger partial charge in [0.15, 0.2) is 0 Å². The summed E-state index contributed by atoms with van der Waals surface area (Å²) in [6.45, 7) is 7.72. The standard InChI is InChI=1S/C26H29N3O/c1-21-6-5-7-23(18-21)19-27-26(30)24-12-10-22(11-13-24)20-28-14-16-29(17-15-28)25-8-3-2-4-9-25/h2-13,18H,14-17,19-20H2,1H3,(H,27,30). The highest BCUT2D eigenvalue weighted by Gasteiger charge is 2.17. The Morgan fingerprint density at radius 1 is 0.833 bits per heavy atom. The van der Waals surface area contributed by atoms with E-state index < -0.39 is 0 Å². The van der Waals surface area contributed by atoms with E-state index in [0.29, 0.717) is 12.1 Å². The number of hydrogen-bond donors (Lipinski definition) is 1. The monoisotopic (exact) mass is 399 g/mol. The summed E-state index contributed by atoms with van der Waals surface area (Å²) in [7, 11) is 0. The minimum atomic E-state index is -0.0282. The summed E-state index contributed by atoms with van der Waals surface area (Å²) in [6.07, 6.45) is 0. The zero-order valence-electron chi connectivity index (χ0n) is 17.6. The largest absolute Gasteiger partial charge is 0.369 e. The summed E-state index contributed by atoms with van der Waals surface area (Å²) in [5, 5.41) is 3.01. The lowest BCUT2D eigenvalue weighted by molar-refractivity contribution is 0.0951. The molecule has 0 aromatic heterocycles. The predicted octanol–water partition coefficient (Wildman–Crippen LogP) is 4.25. The number of para-hydroxylation sites is 1. The van der Waals surface area contributed by atoms with E-state index in [4.69, 9.17) is 0 Å². The average molecular weight is 400 g/mol. The number of amides is 1. The van der Waals surface area contributed by atoms with Crippen LogP contribution >= 0.6 is 0 Å². The van der Waals surface area contributed by atoms with Crippen LogP contribution in [0.3, 0.4) is 0 Å². The maximum Gasteiger partial charge on any atom is 0.251 e. The van der Waals surface area contributed by atoms with Crippen molar-refractivity contribution < 1.29 is 4.79 Å². The van der Waals surface area contributed by atoms with Crippen molar-refractivity contribution in [3.8, 4) is 0 Å². The van der Waals surface area contributed by atoms with Gasteiger partial charge in [-0.2, -0.15) is 0 Å². The van der Waals surface area contributed by atoms with Crippen LogP contribution in [-0.2, 0) is 13.1 Å². The molecule has 0 aliphatic carbocycles. The molecular formula is C26H29N3O. The third-order valence-corrected chi connectivity index (χ3v) is 5.65. The number of piperazine rings is 1. The van der Waals surface area contributed by atoms with Crippen molar-refractivity contribution in [2.75, 3.05) is 31.1 Å². The Balaban J connectivity index is 1.26. The number of anilines is 1. The van der Waals surface area contributed by atoms with Crippen molar-refractivity contribution in [2.45, 2.75) is 20.0 Å². The molecule has 1 amide bonds. The van der Waals surface area contributed by atoms with Gasteiger partial charge in [-0.1, -0.05) is 60.2 Å². The molecule has 1 N–H and O–H groups in total. The Hall–Kier alpha value is -3.11. The number of hydrogen-bond acceptors (Lipinski definition) is 3. The quantitative estimate of drug-likeness (QED) is 0.673. The predicted molar refractivity (Wildman–Crippen MR) is 123 cm³/mol. The van der Waals surface area contributed by atoms with Gasteiger partial charge in [-0.25, -0.2) is 0 Å². The van der Waals surface area contributed by atoms with Gasteiger partial charge in [-0.15, -0.1) is 0 Å². The Bertz CT molecular complexity index is 961. The molecule has 1 fully saturated rings. The molecule has 3 aromatic carbocycles. The lowest BCUT2D eigenvalue weighted by Crippen LogP contribution is -2.45. The van der Waals surface area contributed by atoms with Gasteiger partial charge in [-0.05, 0) is 42.3 Å². The molecule has 30 heavy (non-hydrogen) atoms. The second-order valence-corrected chi connectivity index (χ2v) is 7.97. The lowest BCUT2D eigenvalue weighted by Gasteiger charge is -2.36. The van der Waals surface area contributed by atoms with E-state index in [1.165, 1.54) is 16.8 Å². The number of rotatable bonds is 6. The minimum absolute atomic E-state index is 0.0282. The van der Waals surface area contributed by atoms with Gasteiger partial charge < -0.3 is 10.2 Å². The Labute approximate surface area is 179 Å². The smallest absolute Gasteiger partial charge is 0.251 e. The normalized spacial score (nSPS) is 14.5. The topological polar surface area (TPSA) is 35.6 Å². The number of nitrogens with zero attached hydrogens (tertiary/aromatic N) is 2. The molecule has 0 unspecified atom stereocenters. The van der Waals surface area contributed by atoms with Gasteiger partial charge in [0.2, 0.25) is 0 Å². The van der Waals surface area contributed by atoms with Crippen molar-refractivity contribution >= 4 is 11.6 Å². The van der Waals surface area contributed by atoms with Crippen molar-refractivity contribution in [3.63, 3.8) is 0 Å². The van der Waals surface area contributed by atoms with Crippen LogP contribution in [0.15, 0.2) is 78.9 Å². The van der Waals surface area contributed by atoms with Gasteiger partial charge in [0.1, 0.15) is 0 Å². The molecule has 1 heterocycles. The molecule has 4 rings (SSSR count). The van der Waals surface area contributed by atoms with E-state index in [2.05, 4.69) is 76.6 Å². The van der Waals surface area contributed by atoms with Gasteiger partial charge in [0, 0.05) is 50.5 Å². The van der Waals surface area contributed by atoms with E-state index in [1.54, 1.807) is 0 Å². The van der Waals surface area contributed by atoms with Crippen molar-refractivity contribution in [1.29, 1.82) is 0 Å². The second kappa shape index (κ2) is 9.59. The fourth-order valence-corrected chi connectivity index (χ4v) is 3.93. The highest BCUT2D eigenvalue weighted by atomic mass is 16.1. The molecule has 154 valence electrons. The van der Waals surface area contributed by atoms with Gasteiger partial charge in [0.25, 0.3) is 5.91 Å². The number of nitrogens with one attached hydrogen (secondary N) is 1. The molecule has 0 atom stereocenters. The summed E-state index contributed by atoms with van der Waals surface area (Å²) in [4.78, 5) is 17.4. The van der Waals surface area contributed by atoms with Gasteiger partial charge in [-0.3, -0.25) is 9.69 Å². The Kier molecular flexibility index (Phi) is 6.45. The number of aryl methyl sites for hydroxylation is 1. The second-order valence-electron chi connectivity index (χ2n) is 7.97. The van der Waals surface area contributed by atoms with Crippen LogP contribution < -0.4 is 10.2 Å². The molecule has 0 spiro atoms. The summed E-state index contributed by atoms with van der Waals surface area (Å²) < 4.78 is 0. The van der Waals surface area contributed by atoms with Crippen LogP contribution in [0.5, 0.6) is 0 Å². The summed E-state index contributed by atoms with van der Waals surface area (Å²) >= 11 is 0. The van der Waals surface area contributed by atoms with Crippen LogP contribution in [0.1, 0.15) is 27.0 Å². The van der Waals surface area contributed by atoms with Crippen molar-refractivity contribution in [2.24, 2.45) is 0 Å². The maximum absolute atomic E-state index is 12.4. The lowest BCUT2D eigenvalue weighted by atomic mass is 10.1. The zero-order chi connectivity index (χ0) is 20.8. The van der Waals surface area contributed by atoms with Crippen molar-refractivity contribution in [1.82, 2.24) is 10.2 Å². The summed E-state index contributed by atoms with van der Waals surface area (Å²) in [6, 6.07) is 26.8. The summed E-state index contributed by atoms with van der Waals surface area (Å²) in [5.41, 5.74) is 5.59. The Morgan fingerprint density at radius 3 is 2.27 bits per heavy atom. The molecule has 0 saturated carbocycles. The van der Waals surface area contributed by atoms with Gasteiger partial charge >= 0.3 is 0 Å². The molecule has 0 radical (unpaired) electrons. The highest BCUT2D eigenvalue weighted by molar-refractivity contribution is 5.94.